The van der Waals surface area contributed by atoms with Gasteiger partial charge in [0.05, 0.1) is 0 Å². The van der Waals surface area contributed by atoms with Gasteiger partial charge in [-0.05, 0) is 0 Å². The molecular weight excluding hydrogens is 154 g/mol. The molecule has 52 valence electrons. The molecule has 5 heteroatoms. The molecule has 0 fully saturated rings. The van der Waals surface area contributed by atoms with Crippen LogP contribution in [0.3, 0.4) is 0 Å². The molecule has 0 spiro atoms. The van der Waals surface area contributed by atoms with Gasteiger partial charge in [0.25, 0.3) is 5.19 Å². The molecular formula is C5H3NO3S. The van der Waals surface area contributed by atoms with Crippen LogP contribution in [0.1, 0.15) is 0 Å². The van der Waals surface area contributed by atoms with Gasteiger partial charge in [-0.3, -0.25) is 4.79 Å². The molecule has 0 aliphatic rings. The van der Waals surface area contributed by atoms with Crippen LogP contribution < -0.4 is 4.74 Å². The van der Waals surface area contributed by atoms with Crippen LogP contribution in [0.2, 0.25) is 0 Å². The van der Waals surface area contributed by atoms with Crippen LogP contribution >= 0.6 is 11.3 Å². The molecule has 0 aliphatic carbocycles. The summed E-state index contributed by atoms with van der Waals surface area (Å²) in [6.45, 7) is 0. The number of esters is 1. The van der Waals surface area contributed by atoms with E-state index in [9.17, 15) is 9.59 Å². The first-order valence-corrected chi connectivity index (χ1v) is 3.27. The number of hydrogen-bond donors (Lipinski definition) is 0. The monoisotopic (exact) mass is 157 g/mol. The highest BCUT2D eigenvalue weighted by Crippen LogP contribution is 2.12. The fourth-order valence-electron chi connectivity index (χ4n) is 0.371. The van der Waals surface area contributed by atoms with Crippen molar-refractivity contribution in [3.05, 3.63) is 11.6 Å². The summed E-state index contributed by atoms with van der Waals surface area (Å²) in [5.41, 5.74) is 0. The number of aromatic nitrogens is 1. The molecule has 0 aliphatic heterocycles. The summed E-state index contributed by atoms with van der Waals surface area (Å²) in [5, 5.41) is 1.84. The SMILES string of the molecule is O=CC(=O)Oc1nccs1. The van der Waals surface area contributed by atoms with Gasteiger partial charge >= 0.3 is 5.97 Å². The van der Waals surface area contributed by atoms with Crippen molar-refractivity contribution < 1.29 is 14.3 Å². The Hall–Kier alpha value is -1.23. The number of carbonyl (C=O) groups excluding carboxylic acids is 2. The maximum absolute atomic E-state index is 10.3. The van der Waals surface area contributed by atoms with Gasteiger partial charge in [-0.15, -0.1) is 0 Å². The summed E-state index contributed by atoms with van der Waals surface area (Å²) in [7, 11) is 0. The molecule has 4 nitrogen and oxygen atoms in total. The molecule has 0 amide bonds. The van der Waals surface area contributed by atoms with Gasteiger partial charge in [0, 0.05) is 11.6 Å². The molecule has 1 rings (SSSR count). The number of thiazole rings is 1. The van der Waals surface area contributed by atoms with Gasteiger partial charge in [0.15, 0.2) is 0 Å². The average Bonchev–Trinajstić information content (AvgIpc) is 2.40. The van der Waals surface area contributed by atoms with Crippen molar-refractivity contribution >= 4 is 23.6 Å². The predicted octanol–water partition coefficient (Wildman–Crippen LogP) is 0.247. The maximum atomic E-state index is 10.3. The number of carbonyl (C=O) groups is 2. The van der Waals surface area contributed by atoms with Crippen molar-refractivity contribution in [3.8, 4) is 5.19 Å². The maximum Gasteiger partial charge on any atom is 0.378 e. The largest absolute Gasteiger partial charge is 0.392 e. The van der Waals surface area contributed by atoms with E-state index in [0.717, 1.165) is 11.3 Å². The summed E-state index contributed by atoms with van der Waals surface area (Å²) in [4.78, 5) is 23.6. The first-order chi connectivity index (χ1) is 4.83. The summed E-state index contributed by atoms with van der Waals surface area (Å²) >= 11 is 1.15. The molecule has 0 unspecified atom stereocenters. The van der Waals surface area contributed by atoms with E-state index in [0.29, 0.717) is 0 Å². The zero-order valence-electron chi connectivity index (χ0n) is 4.81. The fourth-order valence-corrected chi connectivity index (χ4v) is 0.861. The Morgan fingerprint density at radius 3 is 3.10 bits per heavy atom. The van der Waals surface area contributed by atoms with E-state index in [4.69, 9.17) is 0 Å². The molecule has 1 aromatic rings. The second-order valence-corrected chi connectivity index (χ2v) is 2.19. The van der Waals surface area contributed by atoms with E-state index in [1.165, 1.54) is 6.20 Å². The van der Waals surface area contributed by atoms with Crippen LogP contribution in [-0.4, -0.2) is 17.2 Å². The first-order valence-electron chi connectivity index (χ1n) is 2.39. The standard InChI is InChI=1S/C5H3NO3S/c7-3-4(8)9-5-6-1-2-10-5/h1-3H. The fraction of sp³-hybridized carbons (Fsp3) is 0. The van der Waals surface area contributed by atoms with Crippen LogP contribution in [0.25, 0.3) is 0 Å². The summed E-state index contributed by atoms with van der Waals surface area (Å²) in [6.07, 6.45) is 1.58. The van der Waals surface area contributed by atoms with Gasteiger partial charge in [0.1, 0.15) is 0 Å². The third-order valence-corrected chi connectivity index (χ3v) is 1.34. The third kappa shape index (κ3) is 1.63. The molecule has 0 saturated heterocycles. The normalized spacial score (nSPS) is 8.80. The van der Waals surface area contributed by atoms with Crippen molar-refractivity contribution in [1.82, 2.24) is 4.98 Å². The van der Waals surface area contributed by atoms with Crippen molar-refractivity contribution in [1.29, 1.82) is 0 Å². The molecule has 1 aromatic heterocycles. The minimum Gasteiger partial charge on any atom is -0.392 e. The minimum absolute atomic E-state index is 0.0986. The second kappa shape index (κ2) is 3.07. The number of aldehydes is 1. The van der Waals surface area contributed by atoms with Gasteiger partial charge in [0.2, 0.25) is 6.29 Å². The van der Waals surface area contributed by atoms with Crippen LogP contribution in [0, 0.1) is 0 Å². The van der Waals surface area contributed by atoms with E-state index >= 15 is 0 Å². The van der Waals surface area contributed by atoms with Crippen LogP contribution in [0.15, 0.2) is 11.6 Å². The lowest BCUT2D eigenvalue weighted by Crippen LogP contribution is -2.07. The number of nitrogens with zero attached hydrogens (tertiary/aromatic N) is 1. The van der Waals surface area contributed by atoms with E-state index < -0.39 is 5.97 Å². The minimum atomic E-state index is -0.921. The Morgan fingerprint density at radius 1 is 1.80 bits per heavy atom. The van der Waals surface area contributed by atoms with Gasteiger partial charge in [-0.25, -0.2) is 9.78 Å². The number of rotatable bonds is 2. The second-order valence-electron chi connectivity index (χ2n) is 1.34. The van der Waals surface area contributed by atoms with E-state index in [1.807, 2.05) is 0 Å². The van der Waals surface area contributed by atoms with E-state index in [1.54, 1.807) is 5.38 Å². The molecule has 1 heterocycles. The van der Waals surface area contributed by atoms with Crippen molar-refractivity contribution in [2.24, 2.45) is 0 Å². The summed E-state index contributed by atoms with van der Waals surface area (Å²) in [6, 6.07) is 0. The Kier molecular flexibility index (Phi) is 2.11. The first kappa shape index (κ1) is 6.88. The number of ether oxygens (including phenoxy) is 1. The molecule has 0 aromatic carbocycles. The quantitative estimate of drug-likeness (QED) is 0.350. The summed E-state index contributed by atoms with van der Waals surface area (Å²) < 4.78 is 4.40. The highest BCUT2D eigenvalue weighted by Gasteiger charge is 2.02. The lowest BCUT2D eigenvalue weighted by Gasteiger charge is -1.89. The average molecular weight is 157 g/mol. The molecule has 0 saturated carbocycles. The molecule has 10 heavy (non-hydrogen) atoms. The lowest BCUT2D eigenvalue weighted by molar-refractivity contribution is -0.141. The van der Waals surface area contributed by atoms with Crippen molar-refractivity contribution in [2.75, 3.05) is 0 Å². The molecule has 0 atom stereocenters. The zero-order valence-corrected chi connectivity index (χ0v) is 5.63. The smallest absolute Gasteiger partial charge is 0.378 e. The van der Waals surface area contributed by atoms with Crippen molar-refractivity contribution in [2.45, 2.75) is 0 Å². The topological polar surface area (TPSA) is 56.3 Å². The zero-order chi connectivity index (χ0) is 7.40. The van der Waals surface area contributed by atoms with Crippen LogP contribution in [-0.2, 0) is 9.59 Å². The molecule has 0 bridgehead atoms. The van der Waals surface area contributed by atoms with E-state index in [-0.39, 0.29) is 11.5 Å². The number of hydrogen-bond acceptors (Lipinski definition) is 5. The van der Waals surface area contributed by atoms with Crippen molar-refractivity contribution in [3.63, 3.8) is 0 Å². The van der Waals surface area contributed by atoms with Crippen LogP contribution in [0.4, 0.5) is 0 Å². The summed E-state index contributed by atoms with van der Waals surface area (Å²) in [5.74, 6) is -0.921. The highest BCUT2D eigenvalue weighted by molar-refractivity contribution is 7.11. The highest BCUT2D eigenvalue weighted by atomic mass is 32.1. The lowest BCUT2D eigenvalue weighted by atomic mass is 10.8. The molecule has 0 N–H and O–H groups in total. The van der Waals surface area contributed by atoms with E-state index in [2.05, 4.69) is 9.72 Å². The van der Waals surface area contributed by atoms with Crippen LogP contribution in [0.5, 0.6) is 5.19 Å². The van der Waals surface area contributed by atoms with Gasteiger partial charge in [-0.2, -0.15) is 0 Å². The van der Waals surface area contributed by atoms with Gasteiger partial charge in [-0.1, -0.05) is 11.3 Å². The third-order valence-electron chi connectivity index (χ3n) is 0.694. The Labute approximate surface area is 60.5 Å². The molecule has 0 radical (unpaired) electrons. The van der Waals surface area contributed by atoms with Gasteiger partial charge < -0.3 is 4.74 Å². The Morgan fingerprint density at radius 2 is 2.60 bits per heavy atom. The Balaban J connectivity index is 2.56. The predicted molar refractivity (Wildman–Crippen MR) is 33.8 cm³/mol. The Bertz CT molecular complexity index is 231.